The molecule has 1 aliphatic heterocycles. The van der Waals surface area contributed by atoms with Gasteiger partial charge in [0.1, 0.15) is 5.75 Å². The maximum atomic E-state index is 12.9. The molecule has 32 heavy (non-hydrogen) atoms. The Morgan fingerprint density at radius 3 is 2.50 bits per heavy atom. The fourth-order valence-corrected chi connectivity index (χ4v) is 4.76. The fraction of sp³-hybridized carbons (Fsp3) is 0.364. The Morgan fingerprint density at radius 1 is 1.09 bits per heavy atom. The zero-order valence-corrected chi connectivity index (χ0v) is 18.1. The van der Waals surface area contributed by atoms with Gasteiger partial charge in [0, 0.05) is 19.6 Å². The van der Waals surface area contributed by atoms with Gasteiger partial charge in [-0.2, -0.15) is 8.78 Å². The van der Waals surface area contributed by atoms with Crippen molar-refractivity contribution >= 4 is 21.7 Å². The summed E-state index contributed by atoms with van der Waals surface area (Å²) >= 11 is 0. The predicted octanol–water partition coefficient (Wildman–Crippen LogP) is 2.73. The van der Waals surface area contributed by atoms with Crippen LogP contribution in [0.25, 0.3) is 0 Å². The summed E-state index contributed by atoms with van der Waals surface area (Å²) in [5.74, 6) is -1.81. The van der Waals surface area contributed by atoms with E-state index in [0.717, 1.165) is 0 Å². The van der Waals surface area contributed by atoms with Crippen molar-refractivity contribution in [2.75, 3.05) is 25.4 Å². The topological polar surface area (TPSA) is 92.8 Å². The van der Waals surface area contributed by atoms with Gasteiger partial charge in [-0.05, 0) is 37.1 Å². The number of alkyl halides is 2. The fourth-order valence-electron chi connectivity index (χ4n) is 3.59. The number of hydrogen-bond donors (Lipinski definition) is 1. The molecule has 1 saturated heterocycles. The average Bonchev–Trinajstić information content (AvgIpc) is 2.79. The lowest BCUT2D eigenvalue weighted by Crippen LogP contribution is -2.46. The summed E-state index contributed by atoms with van der Waals surface area (Å²) in [6.07, 6.45) is 1.10. The Kier molecular flexibility index (Phi) is 7.79. The third kappa shape index (κ3) is 6.03. The molecule has 0 saturated carbocycles. The number of amides is 2. The van der Waals surface area contributed by atoms with Crippen molar-refractivity contribution in [3.63, 3.8) is 0 Å². The lowest BCUT2D eigenvalue weighted by Gasteiger charge is -2.32. The van der Waals surface area contributed by atoms with Crippen molar-refractivity contribution in [1.82, 2.24) is 10.2 Å². The number of piperidine rings is 1. The Hall–Kier alpha value is -3.01. The van der Waals surface area contributed by atoms with Crippen LogP contribution >= 0.6 is 0 Å². The van der Waals surface area contributed by atoms with E-state index in [2.05, 4.69) is 10.1 Å². The van der Waals surface area contributed by atoms with E-state index in [4.69, 9.17) is 0 Å². The third-order valence-corrected chi connectivity index (χ3v) is 6.92. The number of ether oxygens (including phenoxy) is 1. The average molecular weight is 467 g/mol. The minimum Gasteiger partial charge on any atom is -0.434 e. The Labute approximate surface area is 185 Å². The van der Waals surface area contributed by atoms with E-state index in [-0.39, 0.29) is 41.0 Å². The number of hydrogen-bond acceptors (Lipinski definition) is 5. The van der Waals surface area contributed by atoms with Gasteiger partial charge in [-0.25, -0.2) is 8.42 Å². The molecule has 0 aromatic heterocycles. The Balaban J connectivity index is 1.58. The van der Waals surface area contributed by atoms with Crippen LogP contribution in [-0.4, -0.2) is 57.1 Å². The van der Waals surface area contributed by atoms with E-state index in [1.165, 1.54) is 35.2 Å². The van der Waals surface area contributed by atoms with Crippen molar-refractivity contribution in [1.29, 1.82) is 0 Å². The van der Waals surface area contributed by atoms with Crippen LogP contribution in [0.2, 0.25) is 0 Å². The summed E-state index contributed by atoms with van der Waals surface area (Å²) in [6.45, 7) is -2.62. The number of carbonyl (C=O) groups is 2. The van der Waals surface area contributed by atoms with Gasteiger partial charge in [0.05, 0.1) is 22.1 Å². The van der Waals surface area contributed by atoms with Gasteiger partial charge in [-0.3, -0.25) is 9.59 Å². The second-order valence-corrected chi connectivity index (χ2v) is 9.50. The zero-order valence-electron chi connectivity index (χ0n) is 17.2. The lowest BCUT2D eigenvalue weighted by atomic mass is 9.96. The second-order valence-electron chi connectivity index (χ2n) is 7.39. The monoisotopic (exact) mass is 466 g/mol. The van der Waals surface area contributed by atoms with Crippen LogP contribution in [0.1, 0.15) is 23.2 Å². The number of rotatable bonds is 8. The molecule has 1 fully saturated rings. The number of carbonyl (C=O) groups excluding carboxylic acids is 2. The maximum Gasteiger partial charge on any atom is 0.387 e. The molecule has 1 N–H and O–H groups in total. The molecule has 1 heterocycles. The summed E-state index contributed by atoms with van der Waals surface area (Å²) in [5, 5.41) is 2.64. The van der Waals surface area contributed by atoms with E-state index >= 15 is 0 Å². The van der Waals surface area contributed by atoms with Gasteiger partial charge in [0.25, 0.3) is 5.91 Å². The smallest absolute Gasteiger partial charge is 0.387 e. The number of nitrogens with zero attached hydrogens (tertiary/aromatic N) is 1. The molecular formula is C22H24F2N2O5S. The van der Waals surface area contributed by atoms with E-state index in [1.54, 1.807) is 24.3 Å². The molecule has 172 valence electrons. The van der Waals surface area contributed by atoms with E-state index in [9.17, 15) is 26.8 Å². The molecule has 2 aromatic rings. The van der Waals surface area contributed by atoms with Crippen LogP contribution in [-0.2, 0) is 14.6 Å². The van der Waals surface area contributed by atoms with Gasteiger partial charge in [-0.15, -0.1) is 0 Å². The van der Waals surface area contributed by atoms with Crippen LogP contribution in [0, 0.1) is 5.92 Å². The molecule has 0 bridgehead atoms. The van der Waals surface area contributed by atoms with Crippen LogP contribution in [0.15, 0.2) is 59.5 Å². The number of benzene rings is 2. The minimum atomic E-state index is -3.52. The largest absolute Gasteiger partial charge is 0.434 e. The highest BCUT2D eigenvalue weighted by molar-refractivity contribution is 7.91. The van der Waals surface area contributed by atoms with Gasteiger partial charge in [0.2, 0.25) is 5.91 Å². The minimum absolute atomic E-state index is 0.00260. The van der Waals surface area contributed by atoms with E-state index < -0.39 is 28.3 Å². The van der Waals surface area contributed by atoms with Crippen LogP contribution in [0.4, 0.5) is 8.78 Å². The Morgan fingerprint density at radius 2 is 1.78 bits per heavy atom. The first-order valence-corrected chi connectivity index (χ1v) is 11.8. The number of halogens is 2. The molecule has 0 spiro atoms. The van der Waals surface area contributed by atoms with E-state index in [0.29, 0.717) is 19.4 Å². The first kappa shape index (κ1) is 23.6. The van der Waals surface area contributed by atoms with Gasteiger partial charge in [-0.1, -0.05) is 30.3 Å². The van der Waals surface area contributed by atoms with Crippen molar-refractivity contribution < 1.29 is 31.5 Å². The molecule has 2 amide bonds. The van der Waals surface area contributed by atoms with Gasteiger partial charge in [0.15, 0.2) is 9.84 Å². The number of likely N-dealkylation sites (tertiary alicyclic amines) is 1. The first-order valence-electron chi connectivity index (χ1n) is 10.2. The predicted molar refractivity (Wildman–Crippen MR) is 113 cm³/mol. The molecule has 0 aliphatic carbocycles. The molecule has 3 rings (SSSR count). The van der Waals surface area contributed by atoms with Crippen molar-refractivity contribution in [3.05, 3.63) is 60.2 Å². The quantitative estimate of drug-likeness (QED) is 0.646. The number of sulfone groups is 1. The summed E-state index contributed by atoms with van der Waals surface area (Å²) in [4.78, 5) is 27.1. The number of para-hydroxylation sites is 1. The van der Waals surface area contributed by atoms with Gasteiger partial charge >= 0.3 is 6.61 Å². The second kappa shape index (κ2) is 10.5. The standard InChI is InChI=1S/C22H24F2N2O5S/c23-22(24)31-19-11-5-4-10-18(19)21(28)26-13-6-7-16(15-26)20(27)25-12-14-32(29,30)17-8-2-1-3-9-17/h1-5,8-11,16,22H,6-7,12-15H2,(H,25,27). The summed E-state index contributed by atoms with van der Waals surface area (Å²) < 4.78 is 54.4. The summed E-state index contributed by atoms with van der Waals surface area (Å²) in [5.41, 5.74) is 0.00260. The van der Waals surface area contributed by atoms with Crippen LogP contribution in [0.5, 0.6) is 5.75 Å². The number of nitrogens with one attached hydrogen (secondary N) is 1. The molecule has 0 radical (unpaired) electrons. The van der Waals surface area contributed by atoms with Crippen LogP contribution in [0.3, 0.4) is 0 Å². The molecule has 2 aromatic carbocycles. The zero-order chi connectivity index (χ0) is 23.1. The molecular weight excluding hydrogens is 442 g/mol. The van der Waals surface area contributed by atoms with E-state index in [1.807, 2.05) is 0 Å². The summed E-state index contributed by atoms with van der Waals surface area (Å²) in [7, 11) is -3.52. The Bertz CT molecular complexity index is 1050. The van der Waals surface area contributed by atoms with Crippen molar-refractivity contribution in [2.45, 2.75) is 24.3 Å². The molecule has 7 nitrogen and oxygen atoms in total. The third-order valence-electron chi connectivity index (χ3n) is 5.19. The van der Waals surface area contributed by atoms with Crippen molar-refractivity contribution in [3.8, 4) is 5.75 Å². The molecule has 1 unspecified atom stereocenters. The maximum absolute atomic E-state index is 12.9. The first-order chi connectivity index (χ1) is 15.3. The SMILES string of the molecule is O=C(NCCS(=O)(=O)c1ccccc1)C1CCCN(C(=O)c2ccccc2OC(F)F)C1. The van der Waals surface area contributed by atoms with Crippen molar-refractivity contribution in [2.24, 2.45) is 5.92 Å². The lowest BCUT2D eigenvalue weighted by molar-refractivity contribution is -0.126. The highest BCUT2D eigenvalue weighted by Gasteiger charge is 2.30. The molecule has 1 aliphatic rings. The molecule has 10 heteroatoms. The highest BCUT2D eigenvalue weighted by atomic mass is 32.2. The molecule has 1 atom stereocenters. The van der Waals surface area contributed by atoms with Gasteiger partial charge < -0.3 is 15.0 Å². The highest BCUT2D eigenvalue weighted by Crippen LogP contribution is 2.25. The van der Waals surface area contributed by atoms with Crippen LogP contribution < -0.4 is 10.1 Å². The normalized spacial score (nSPS) is 16.6. The summed E-state index contributed by atoms with van der Waals surface area (Å²) in [6, 6.07) is 13.7.